The number of rotatable bonds is 3. The van der Waals surface area contributed by atoms with Crippen molar-refractivity contribution < 1.29 is 0 Å². The molecule has 1 heterocycles. The third kappa shape index (κ3) is 3.97. The van der Waals surface area contributed by atoms with Crippen LogP contribution in [0.15, 0.2) is 24.3 Å². The smallest absolute Gasteiger partial charge is 0.0261 e. The summed E-state index contributed by atoms with van der Waals surface area (Å²) < 4.78 is 0. The maximum atomic E-state index is 4.44. The van der Waals surface area contributed by atoms with Gasteiger partial charge in [-0.05, 0) is 43.5 Å². The minimum absolute atomic E-state index is 0.997. The molecule has 0 unspecified atom stereocenters. The van der Waals surface area contributed by atoms with E-state index in [4.69, 9.17) is 0 Å². The minimum Gasteiger partial charge on any atom is -0.298 e. The van der Waals surface area contributed by atoms with Crippen LogP contribution in [0.3, 0.4) is 0 Å². The SMILES string of the molecule is Cc1ccc(C=CCN2CCC[N]CC2)cc1C. The Hall–Kier alpha value is -1.12. The summed E-state index contributed by atoms with van der Waals surface area (Å²) in [6, 6.07) is 6.64. The lowest BCUT2D eigenvalue weighted by Gasteiger charge is -2.16. The van der Waals surface area contributed by atoms with Crippen LogP contribution in [0.1, 0.15) is 23.1 Å². The lowest BCUT2D eigenvalue weighted by molar-refractivity contribution is 0.324. The van der Waals surface area contributed by atoms with Crippen LogP contribution in [0.25, 0.3) is 6.08 Å². The molecule has 97 valence electrons. The van der Waals surface area contributed by atoms with Gasteiger partial charge in [0.15, 0.2) is 0 Å². The molecule has 18 heavy (non-hydrogen) atoms. The standard InChI is InChI=1S/C16H23N2/c1-14-6-7-16(13-15(14)2)5-3-10-18-11-4-8-17-9-12-18/h3,5-7,13H,4,8-12H2,1-2H3. The first kappa shape index (κ1) is 13.3. The van der Waals surface area contributed by atoms with Crippen LogP contribution in [0.4, 0.5) is 0 Å². The summed E-state index contributed by atoms with van der Waals surface area (Å²) in [5.74, 6) is 0. The number of hydrogen-bond acceptors (Lipinski definition) is 1. The van der Waals surface area contributed by atoms with Gasteiger partial charge in [-0.2, -0.15) is 0 Å². The fraction of sp³-hybridized carbons (Fsp3) is 0.500. The quantitative estimate of drug-likeness (QED) is 0.797. The molecule has 1 aromatic carbocycles. The summed E-state index contributed by atoms with van der Waals surface area (Å²) in [6.45, 7) is 9.70. The molecule has 2 heteroatoms. The van der Waals surface area contributed by atoms with Crippen molar-refractivity contribution in [2.45, 2.75) is 20.3 Å². The maximum Gasteiger partial charge on any atom is 0.0261 e. The van der Waals surface area contributed by atoms with E-state index in [1.807, 2.05) is 0 Å². The highest BCUT2D eigenvalue weighted by molar-refractivity contribution is 5.51. The van der Waals surface area contributed by atoms with Crippen molar-refractivity contribution >= 4 is 6.08 Å². The molecule has 0 aliphatic carbocycles. The Morgan fingerprint density at radius 2 is 2.06 bits per heavy atom. The molecular formula is C16H23N2. The first-order chi connectivity index (χ1) is 8.75. The van der Waals surface area contributed by atoms with Crippen molar-refractivity contribution in [2.24, 2.45) is 0 Å². The lowest BCUT2D eigenvalue weighted by Crippen LogP contribution is -2.27. The van der Waals surface area contributed by atoms with Crippen molar-refractivity contribution in [2.75, 3.05) is 32.7 Å². The Morgan fingerprint density at radius 1 is 1.17 bits per heavy atom. The third-order valence-corrected chi connectivity index (χ3v) is 3.57. The van der Waals surface area contributed by atoms with Crippen LogP contribution in [0.5, 0.6) is 0 Å². The second-order valence-electron chi connectivity index (χ2n) is 5.07. The fourth-order valence-electron chi connectivity index (χ4n) is 2.23. The maximum absolute atomic E-state index is 4.44. The third-order valence-electron chi connectivity index (χ3n) is 3.57. The van der Waals surface area contributed by atoms with E-state index in [2.05, 4.69) is 54.4 Å². The lowest BCUT2D eigenvalue weighted by atomic mass is 10.1. The topological polar surface area (TPSA) is 17.3 Å². The van der Waals surface area contributed by atoms with E-state index in [9.17, 15) is 0 Å². The average molecular weight is 243 g/mol. The number of hydrogen-bond donors (Lipinski definition) is 0. The molecule has 1 saturated heterocycles. The average Bonchev–Trinajstić information content (AvgIpc) is 2.62. The van der Waals surface area contributed by atoms with Gasteiger partial charge in [0.2, 0.25) is 0 Å². The Bertz CT molecular complexity index is 402. The van der Waals surface area contributed by atoms with Gasteiger partial charge >= 0.3 is 0 Å². The van der Waals surface area contributed by atoms with E-state index in [0.717, 1.165) is 26.2 Å². The molecule has 1 aliphatic heterocycles. The van der Waals surface area contributed by atoms with Gasteiger partial charge in [-0.15, -0.1) is 0 Å². The second kappa shape index (κ2) is 6.72. The normalized spacial score (nSPS) is 18.1. The van der Waals surface area contributed by atoms with Crippen molar-refractivity contribution in [3.8, 4) is 0 Å². The van der Waals surface area contributed by atoms with Gasteiger partial charge < -0.3 is 0 Å². The molecule has 0 spiro atoms. The van der Waals surface area contributed by atoms with Crippen LogP contribution in [0.2, 0.25) is 0 Å². The highest BCUT2D eigenvalue weighted by atomic mass is 15.1. The molecule has 1 radical (unpaired) electrons. The van der Waals surface area contributed by atoms with Crippen molar-refractivity contribution in [1.29, 1.82) is 0 Å². The fourth-order valence-corrected chi connectivity index (χ4v) is 2.23. The summed E-state index contributed by atoms with van der Waals surface area (Å²) in [5.41, 5.74) is 4.03. The van der Waals surface area contributed by atoms with Gasteiger partial charge in [0.25, 0.3) is 0 Å². The van der Waals surface area contributed by atoms with Crippen LogP contribution < -0.4 is 5.32 Å². The summed E-state index contributed by atoms with van der Waals surface area (Å²) >= 11 is 0. The summed E-state index contributed by atoms with van der Waals surface area (Å²) in [4.78, 5) is 2.48. The van der Waals surface area contributed by atoms with Gasteiger partial charge in [0, 0.05) is 26.2 Å². The minimum atomic E-state index is 0.997. The molecule has 0 saturated carbocycles. The Morgan fingerprint density at radius 3 is 2.89 bits per heavy atom. The van der Waals surface area contributed by atoms with Gasteiger partial charge in [0.05, 0.1) is 0 Å². The van der Waals surface area contributed by atoms with Gasteiger partial charge in [-0.25, -0.2) is 5.32 Å². The Balaban J connectivity index is 1.88. The predicted molar refractivity (Wildman–Crippen MR) is 77.9 cm³/mol. The highest BCUT2D eigenvalue weighted by Crippen LogP contribution is 2.11. The molecule has 0 N–H and O–H groups in total. The number of nitrogens with zero attached hydrogens (tertiary/aromatic N) is 2. The van der Waals surface area contributed by atoms with E-state index in [-0.39, 0.29) is 0 Å². The largest absolute Gasteiger partial charge is 0.298 e. The van der Waals surface area contributed by atoms with E-state index < -0.39 is 0 Å². The Kier molecular flexibility index (Phi) is 4.97. The molecular weight excluding hydrogens is 220 g/mol. The highest BCUT2D eigenvalue weighted by Gasteiger charge is 2.06. The molecule has 2 nitrogen and oxygen atoms in total. The number of aryl methyl sites for hydroxylation is 2. The van der Waals surface area contributed by atoms with Gasteiger partial charge in [0.1, 0.15) is 0 Å². The predicted octanol–water partition coefficient (Wildman–Crippen LogP) is 2.63. The van der Waals surface area contributed by atoms with Crippen molar-refractivity contribution in [3.63, 3.8) is 0 Å². The zero-order valence-electron chi connectivity index (χ0n) is 11.5. The van der Waals surface area contributed by atoms with E-state index in [0.29, 0.717) is 0 Å². The van der Waals surface area contributed by atoms with E-state index >= 15 is 0 Å². The van der Waals surface area contributed by atoms with Crippen molar-refractivity contribution in [1.82, 2.24) is 10.2 Å². The molecule has 1 aliphatic rings. The summed E-state index contributed by atoms with van der Waals surface area (Å²) in [7, 11) is 0. The van der Waals surface area contributed by atoms with Crippen molar-refractivity contribution in [3.05, 3.63) is 41.0 Å². The van der Waals surface area contributed by atoms with E-state index in [1.54, 1.807) is 0 Å². The Labute approximate surface area is 111 Å². The second-order valence-corrected chi connectivity index (χ2v) is 5.07. The molecule has 0 bridgehead atoms. The monoisotopic (exact) mass is 243 g/mol. The first-order valence-corrected chi connectivity index (χ1v) is 6.85. The summed E-state index contributed by atoms with van der Waals surface area (Å²) in [5, 5.41) is 4.44. The zero-order chi connectivity index (χ0) is 12.8. The molecule has 2 rings (SSSR count). The first-order valence-electron chi connectivity index (χ1n) is 6.85. The van der Waals surface area contributed by atoms with Crippen LogP contribution in [-0.2, 0) is 0 Å². The zero-order valence-corrected chi connectivity index (χ0v) is 11.5. The van der Waals surface area contributed by atoms with Gasteiger partial charge in [-0.1, -0.05) is 30.4 Å². The molecule has 1 aromatic rings. The number of benzene rings is 1. The molecule has 0 atom stereocenters. The van der Waals surface area contributed by atoms with Crippen LogP contribution in [0, 0.1) is 13.8 Å². The van der Waals surface area contributed by atoms with Crippen LogP contribution >= 0.6 is 0 Å². The van der Waals surface area contributed by atoms with Gasteiger partial charge in [-0.3, -0.25) is 4.90 Å². The molecule has 0 amide bonds. The molecule has 0 aromatic heterocycles. The molecule has 1 fully saturated rings. The van der Waals surface area contributed by atoms with Crippen LogP contribution in [-0.4, -0.2) is 37.6 Å². The van der Waals surface area contributed by atoms with E-state index in [1.165, 1.54) is 29.7 Å². The summed E-state index contributed by atoms with van der Waals surface area (Å²) in [6.07, 6.45) is 5.71.